The predicted molar refractivity (Wildman–Crippen MR) is 84.0 cm³/mol. The predicted octanol–water partition coefficient (Wildman–Crippen LogP) is 2.73. The van der Waals surface area contributed by atoms with Crippen LogP contribution in [0.15, 0.2) is 18.2 Å². The maximum Gasteiger partial charge on any atom is 0.315 e. The summed E-state index contributed by atoms with van der Waals surface area (Å²) >= 11 is 0. The van der Waals surface area contributed by atoms with Gasteiger partial charge in [-0.1, -0.05) is 19.9 Å². The average Bonchev–Trinajstić information content (AvgIpc) is 2.35. The highest BCUT2D eigenvalue weighted by atomic mass is 32.2. The van der Waals surface area contributed by atoms with Crippen LogP contribution in [-0.4, -0.2) is 28.3 Å². The van der Waals surface area contributed by atoms with Gasteiger partial charge in [0.2, 0.25) is 0 Å². The molecule has 0 heterocycles. The van der Waals surface area contributed by atoms with E-state index in [0.717, 1.165) is 12.1 Å². The van der Waals surface area contributed by atoms with E-state index >= 15 is 0 Å². The monoisotopic (exact) mass is 332 g/mol. The molecule has 0 aromatic heterocycles. The van der Waals surface area contributed by atoms with Crippen LogP contribution in [0.5, 0.6) is 0 Å². The van der Waals surface area contributed by atoms with Crippen molar-refractivity contribution in [1.82, 2.24) is 10.6 Å². The summed E-state index contributed by atoms with van der Waals surface area (Å²) in [7, 11) is -1.02. The Bertz CT molecular complexity index is 552. The zero-order valence-corrected chi connectivity index (χ0v) is 14.0. The maximum atomic E-state index is 13.9. The van der Waals surface area contributed by atoms with Crippen molar-refractivity contribution in [2.75, 3.05) is 12.0 Å². The smallest absolute Gasteiger partial charge is 0.315 e. The van der Waals surface area contributed by atoms with E-state index in [9.17, 15) is 17.8 Å². The number of halogens is 2. The standard InChI is InChI=1S/C15H22F2N2O2S/c1-9(2)14(12-6-5-11(16)7-13(12)17)19-15(20)18-10(3)8-22(4)21/h5-7,9-10,14H,8H2,1-4H3,(H2,18,19,20)/t10-,14-,22+/m1/s1. The van der Waals surface area contributed by atoms with Crippen molar-refractivity contribution in [2.24, 2.45) is 5.92 Å². The molecule has 3 atom stereocenters. The van der Waals surface area contributed by atoms with Gasteiger partial charge < -0.3 is 10.6 Å². The van der Waals surface area contributed by atoms with E-state index < -0.39 is 34.5 Å². The summed E-state index contributed by atoms with van der Waals surface area (Å²) in [5, 5.41) is 5.34. The minimum absolute atomic E-state index is 0.0821. The summed E-state index contributed by atoms with van der Waals surface area (Å²) in [6, 6.07) is 1.97. The maximum absolute atomic E-state index is 13.9. The molecule has 7 heteroatoms. The molecule has 4 nitrogen and oxygen atoms in total. The van der Waals surface area contributed by atoms with Crippen molar-refractivity contribution in [3.63, 3.8) is 0 Å². The topological polar surface area (TPSA) is 58.2 Å². The van der Waals surface area contributed by atoms with E-state index in [2.05, 4.69) is 10.6 Å². The lowest BCUT2D eigenvalue weighted by Crippen LogP contribution is -2.45. The van der Waals surface area contributed by atoms with Gasteiger partial charge in [-0.2, -0.15) is 0 Å². The molecular formula is C15H22F2N2O2S. The van der Waals surface area contributed by atoms with Crippen LogP contribution < -0.4 is 10.6 Å². The first-order valence-electron chi connectivity index (χ1n) is 7.02. The SMILES string of the molecule is CC(C)[C@@H](NC(=O)N[C@H](C)C[S@](C)=O)c1ccc(F)cc1F. The van der Waals surface area contributed by atoms with E-state index in [4.69, 9.17) is 0 Å². The number of amides is 2. The van der Waals surface area contributed by atoms with Gasteiger partial charge in [0.05, 0.1) is 6.04 Å². The molecule has 0 fully saturated rings. The van der Waals surface area contributed by atoms with Crippen LogP contribution >= 0.6 is 0 Å². The van der Waals surface area contributed by atoms with Gasteiger partial charge in [0.1, 0.15) is 11.6 Å². The molecule has 0 bridgehead atoms. The lowest BCUT2D eigenvalue weighted by atomic mass is 9.95. The molecule has 0 radical (unpaired) electrons. The quantitative estimate of drug-likeness (QED) is 0.841. The molecule has 1 rings (SSSR count). The Morgan fingerprint density at radius 3 is 2.36 bits per heavy atom. The molecule has 0 saturated heterocycles. The summed E-state index contributed by atoms with van der Waals surface area (Å²) in [4.78, 5) is 12.0. The number of carbonyl (C=O) groups is 1. The first kappa shape index (κ1) is 18.5. The largest absolute Gasteiger partial charge is 0.335 e. The second kappa shape index (κ2) is 8.22. The van der Waals surface area contributed by atoms with Crippen LogP contribution in [0, 0.1) is 17.6 Å². The zero-order chi connectivity index (χ0) is 16.9. The molecule has 1 aromatic carbocycles. The van der Waals surface area contributed by atoms with Gasteiger partial charge in [0.25, 0.3) is 0 Å². The van der Waals surface area contributed by atoms with Crippen LogP contribution in [0.2, 0.25) is 0 Å². The Kier molecular flexibility index (Phi) is 6.93. The fraction of sp³-hybridized carbons (Fsp3) is 0.533. The highest BCUT2D eigenvalue weighted by molar-refractivity contribution is 7.84. The molecule has 0 aliphatic rings. The molecule has 0 saturated carbocycles. The summed E-state index contributed by atoms with van der Waals surface area (Å²) in [6.07, 6.45) is 1.56. The number of benzene rings is 1. The molecule has 2 N–H and O–H groups in total. The van der Waals surface area contributed by atoms with Crippen molar-refractivity contribution >= 4 is 16.8 Å². The third-order valence-electron chi connectivity index (χ3n) is 3.11. The van der Waals surface area contributed by atoms with Gasteiger partial charge in [-0.25, -0.2) is 13.6 Å². The minimum Gasteiger partial charge on any atom is -0.335 e. The third-order valence-corrected chi connectivity index (χ3v) is 4.08. The van der Waals surface area contributed by atoms with E-state index in [1.54, 1.807) is 13.2 Å². The molecule has 124 valence electrons. The summed E-state index contributed by atoms with van der Waals surface area (Å²) < 4.78 is 38.0. The van der Waals surface area contributed by atoms with Crippen molar-refractivity contribution in [2.45, 2.75) is 32.9 Å². The lowest BCUT2D eigenvalue weighted by Gasteiger charge is -2.24. The molecule has 22 heavy (non-hydrogen) atoms. The van der Waals surface area contributed by atoms with Crippen LogP contribution in [0.25, 0.3) is 0 Å². The van der Waals surface area contributed by atoms with Gasteiger partial charge in [-0.05, 0) is 18.9 Å². The molecule has 0 aliphatic heterocycles. The first-order valence-corrected chi connectivity index (χ1v) is 8.75. The molecule has 0 aliphatic carbocycles. The van der Waals surface area contributed by atoms with Crippen molar-refractivity contribution < 1.29 is 17.8 Å². The van der Waals surface area contributed by atoms with Crippen molar-refractivity contribution in [3.8, 4) is 0 Å². The van der Waals surface area contributed by atoms with Gasteiger partial charge >= 0.3 is 6.03 Å². The van der Waals surface area contributed by atoms with Gasteiger partial charge in [0.15, 0.2) is 0 Å². The van der Waals surface area contributed by atoms with E-state index in [0.29, 0.717) is 5.75 Å². The Morgan fingerprint density at radius 1 is 1.23 bits per heavy atom. The average molecular weight is 332 g/mol. The fourth-order valence-electron chi connectivity index (χ4n) is 2.16. The lowest BCUT2D eigenvalue weighted by molar-refractivity contribution is 0.230. The zero-order valence-electron chi connectivity index (χ0n) is 13.2. The van der Waals surface area contributed by atoms with Crippen molar-refractivity contribution in [3.05, 3.63) is 35.4 Å². The van der Waals surface area contributed by atoms with Crippen LogP contribution in [-0.2, 0) is 10.8 Å². The number of hydrogen-bond acceptors (Lipinski definition) is 2. The third kappa shape index (κ3) is 5.71. The second-order valence-electron chi connectivity index (χ2n) is 5.65. The minimum atomic E-state index is -1.02. The fourth-order valence-corrected chi connectivity index (χ4v) is 2.95. The molecule has 2 amide bonds. The highest BCUT2D eigenvalue weighted by Gasteiger charge is 2.22. The Labute approximate surface area is 132 Å². The van der Waals surface area contributed by atoms with E-state index in [1.165, 1.54) is 6.07 Å². The summed E-state index contributed by atoms with van der Waals surface area (Å²) in [5.74, 6) is -1.10. The van der Waals surface area contributed by atoms with Crippen LogP contribution in [0.3, 0.4) is 0 Å². The second-order valence-corrected chi connectivity index (χ2v) is 7.13. The molecule has 0 unspecified atom stereocenters. The summed E-state index contributed by atoms with van der Waals surface area (Å²) in [5.41, 5.74) is 0.235. The van der Waals surface area contributed by atoms with Crippen molar-refractivity contribution in [1.29, 1.82) is 0 Å². The highest BCUT2D eigenvalue weighted by Crippen LogP contribution is 2.24. The number of nitrogens with one attached hydrogen (secondary N) is 2. The van der Waals surface area contributed by atoms with E-state index in [1.807, 2.05) is 13.8 Å². The Balaban J connectivity index is 2.80. The van der Waals surface area contributed by atoms with Crippen LogP contribution in [0.4, 0.5) is 13.6 Å². The Morgan fingerprint density at radius 2 is 1.86 bits per heavy atom. The number of hydrogen-bond donors (Lipinski definition) is 2. The number of urea groups is 1. The molecular weight excluding hydrogens is 310 g/mol. The number of rotatable bonds is 6. The molecule has 1 aromatic rings. The number of carbonyl (C=O) groups excluding carboxylic acids is 1. The normalized spacial score (nSPS) is 15.2. The van der Waals surface area contributed by atoms with Gasteiger partial charge in [0, 0.05) is 40.5 Å². The van der Waals surface area contributed by atoms with Gasteiger partial charge in [-0.15, -0.1) is 0 Å². The summed E-state index contributed by atoms with van der Waals surface area (Å²) in [6.45, 7) is 5.40. The van der Waals surface area contributed by atoms with Crippen LogP contribution in [0.1, 0.15) is 32.4 Å². The van der Waals surface area contributed by atoms with Gasteiger partial charge in [-0.3, -0.25) is 4.21 Å². The Hall–Kier alpha value is -1.50. The van der Waals surface area contributed by atoms with E-state index in [-0.39, 0.29) is 17.5 Å². The molecule has 0 spiro atoms. The first-order chi connectivity index (χ1) is 10.2.